The lowest BCUT2D eigenvalue weighted by Gasteiger charge is -2.18. The number of thiophene rings is 1. The second kappa shape index (κ2) is 6.17. The van der Waals surface area contributed by atoms with Crippen molar-refractivity contribution in [3.8, 4) is 0 Å². The van der Waals surface area contributed by atoms with Crippen LogP contribution < -0.4 is 5.32 Å². The summed E-state index contributed by atoms with van der Waals surface area (Å²) in [5.74, 6) is 0. The first-order chi connectivity index (χ1) is 9.32. The van der Waals surface area contributed by atoms with E-state index in [-0.39, 0.29) is 6.04 Å². The average Bonchev–Trinajstić information content (AvgIpc) is 2.77. The molecule has 1 atom stereocenters. The molecule has 0 radical (unpaired) electrons. The largest absolute Gasteiger partial charge is 0.416 e. The molecular weight excluding hydrogens is 419 g/mol. The molecular formula is C13H10Br2F3NS. The van der Waals surface area contributed by atoms with Crippen molar-refractivity contribution in [2.45, 2.75) is 12.2 Å². The third-order valence-corrected chi connectivity index (χ3v) is 5.21. The summed E-state index contributed by atoms with van der Waals surface area (Å²) in [6.07, 6.45) is -4.34. The highest BCUT2D eigenvalue weighted by molar-refractivity contribution is 9.11. The first-order valence-electron chi connectivity index (χ1n) is 5.62. The molecule has 7 heteroatoms. The second-order valence-corrected chi connectivity index (χ2v) is 7.45. The van der Waals surface area contributed by atoms with E-state index in [2.05, 4.69) is 37.2 Å². The van der Waals surface area contributed by atoms with Gasteiger partial charge in [-0.1, -0.05) is 15.9 Å². The van der Waals surface area contributed by atoms with Gasteiger partial charge in [0.25, 0.3) is 0 Å². The molecule has 1 heterocycles. The van der Waals surface area contributed by atoms with Gasteiger partial charge in [0.2, 0.25) is 0 Å². The van der Waals surface area contributed by atoms with Crippen LogP contribution in [0.5, 0.6) is 0 Å². The number of hydrogen-bond donors (Lipinski definition) is 1. The van der Waals surface area contributed by atoms with Gasteiger partial charge in [-0.15, -0.1) is 11.3 Å². The first-order valence-corrected chi connectivity index (χ1v) is 8.02. The van der Waals surface area contributed by atoms with Gasteiger partial charge in [0.15, 0.2) is 0 Å². The van der Waals surface area contributed by atoms with E-state index in [9.17, 15) is 13.2 Å². The zero-order valence-corrected chi connectivity index (χ0v) is 14.3. The quantitative estimate of drug-likeness (QED) is 0.670. The fraction of sp³-hybridized carbons (Fsp3) is 0.231. The van der Waals surface area contributed by atoms with E-state index in [0.717, 1.165) is 14.7 Å². The maximum Gasteiger partial charge on any atom is 0.416 e. The van der Waals surface area contributed by atoms with Crippen LogP contribution in [0.3, 0.4) is 0 Å². The molecule has 1 unspecified atom stereocenters. The van der Waals surface area contributed by atoms with Gasteiger partial charge in [0, 0.05) is 9.35 Å². The van der Waals surface area contributed by atoms with E-state index in [1.54, 1.807) is 7.05 Å². The van der Waals surface area contributed by atoms with Crippen LogP contribution >= 0.6 is 43.2 Å². The molecule has 108 valence electrons. The number of benzene rings is 1. The SMILES string of the molecule is CNC(c1ccc(Br)s1)c1cc(C(F)(F)F)ccc1Br. The summed E-state index contributed by atoms with van der Waals surface area (Å²) < 4.78 is 40.1. The molecule has 1 aromatic carbocycles. The highest BCUT2D eigenvalue weighted by Gasteiger charge is 2.32. The Kier molecular flexibility index (Phi) is 4.94. The van der Waals surface area contributed by atoms with Crippen LogP contribution in [-0.4, -0.2) is 7.05 Å². The summed E-state index contributed by atoms with van der Waals surface area (Å²) in [6.45, 7) is 0. The third-order valence-electron chi connectivity index (χ3n) is 2.80. The summed E-state index contributed by atoms with van der Waals surface area (Å²) in [4.78, 5) is 0.944. The minimum absolute atomic E-state index is 0.289. The molecule has 0 bridgehead atoms. The maximum absolute atomic E-state index is 12.8. The van der Waals surface area contributed by atoms with Crippen molar-refractivity contribution in [2.75, 3.05) is 7.05 Å². The van der Waals surface area contributed by atoms with Gasteiger partial charge >= 0.3 is 6.18 Å². The molecule has 0 spiro atoms. The van der Waals surface area contributed by atoms with Crippen LogP contribution in [-0.2, 0) is 6.18 Å². The molecule has 0 amide bonds. The maximum atomic E-state index is 12.8. The highest BCUT2D eigenvalue weighted by Crippen LogP contribution is 2.37. The lowest BCUT2D eigenvalue weighted by atomic mass is 10.0. The fourth-order valence-electron chi connectivity index (χ4n) is 1.88. The molecule has 1 nitrogen and oxygen atoms in total. The molecule has 1 aromatic heterocycles. The van der Waals surface area contributed by atoms with Gasteiger partial charge in [-0.05, 0) is 58.9 Å². The van der Waals surface area contributed by atoms with Gasteiger partial charge in [0.05, 0.1) is 15.4 Å². The molecule has 1 N–H and O–H groups in total. The van der Waals surface area contributed by atoms with Crippen LogP contribution in [0, 0.1) is 0 Å². The molecule has 0 saturated carbocycles. The Labute approximate surface area is 135 Å². The molecule has 0 aliphatic carbocycles. The van der Waals surface area contributed by atoms with E-state index in [0.29, 0.717) is 10.0 Å². The third kappa shape index (κ3) is 3.44. The van der Waals surface area contributed by atoms with Gasteiger partial charge in [-0.3, -0.25) is 0 Å². The van der Waals surface area contributed by atoms with Crippen LogP contribution in [0.15, 0.2) is 38.6 Å². The standard InChI is InChI=1S/C13H10Br2F3NS/c1-19-12(10-4-5-11(15)20-10)8-6-7(13(16,17)18)2-3-9(8)14/h2-6,12,19H,1H3. The van der Waals surface area contributed by atoms with Crippen molar-refractivity contribution in [1.82, 2.24) is 5.32 Å². The normalized spacial score (nSPS) is 13.5. The van der Waals surface area contributed by atoms with Crippen molar-refractivity contribution < 1.29 is 13.2 Å². The topological polar surface area (TPSA) is 12.0 Å². The number of hydrogen-bond acceptors (Lipinski definition) is 2. The summed E-state index contributed by atoms with van der Waals surface area (Å²) >= 11 is 8.18. The van der Waals surface area contributed by atoms with E-state index in [4.69, 9.17) is 0 Å². The zero-order chi connectivity index (χ0) is 14.9. The van der Waals surface area contributed by atoms with Gasteiger partial charge in [-0.2, -0.15) is 13.2 Å². The lowest BCUT2D eigenvalue weighted by molar-refractivity contribution is -0.137. The highest BCUT2D eigenvalue weighted by atomic mass is 79.9. The average molecular weight is 429 g/mol. The molecule has 0 aliphatic heterocycles. The Morgan fingerprint density at radius 3 is 2.35 bits per heavy atom. The number of rotatable bonds is 3. The minimum atomic E-state index is -4.34. The van der Waals surface area contributed by atoms with Crippen molar-refractivity contribution in [3.63, 3.8) is 0 Å². The van der Waals surface area contributed by atoms with E-state index >= 15 is 0 Å². The van der Waals surface area contributed by atoms with Crippen LogP contribution in [0.4, 0.5) is 13.2 Å². The summed E-state index contributed by atoms with van der Waals surface area (Å²) in [5.41, 5.74) is -0.0803. The minimum Gasteiger partial charge on any atom is -0.309 e. The lowest BCUT2D eigenvalue weighted by Crippen LogP contribution is -2.18. The van der Waals surface area contributed by atoms with E-state index in [1.807, 2.05) is 12.1 Å². The fourth-order valence-corrected chi connectivity index (χ4v) is 3.90. The smallest absolute Gasteiger partial charge is 0.309 e. The monoisotopic (exact) mass is 427 g/mol. The molecule has 2 rings (SSSR count). The van der Waals surface area contributed by atoms with Gasteiger partial charge in [-0.25, -0.2) is 0 Å². The van der Waals surface area contributed by atoms with Crippen molar-refractivity contribution in [1.29, 1.82) is 0 Å². The first kappa shape index (κ1) is 16.0. The molecule has 0 saturated heterocycles. The van der Waals surface area contributed by atoms with Crippen molar-refractivity contribution in [2.24, 2.45) is 0 Å². The Hall–Kier alpha value is -0.370. The van der Waals surface area contributed by atoms with Gasteiger partial charge < -0.3 is 5.32 Å². The number of alkyl halides is 3. The Balaban J connectivity index is 2.49. The summed E-state index contributed by atoms with van der Waals surface area (Å²) in [5, 5.41) is 3.06. The van der Waals surface area contributed by atoms with Crippen molar-refractivity contribution >= 4 is 43.2 Å². The van der Waals surface area contributed by atoms with Crippen LogP contribution in [0.25, 0.3) is 0 Å². The Morgan fingerprint density at radius 1 is 1.15 bits per heavy atom. The summed E-state index contributed by atoms with van der Waals surface area (Å²) in [7, 11) is 1.73. The van der Waals surface area contributed by atoms with Crippen LogP contribution in [0.2, 0.25) is 0 Å². The molecule has 2 aromatic rings. The second-order valence-electron chi connectivity index (χ2n) is 4.10. The Bertz CT molecular complexity index is 610. The van der Waals surface area contributed by atoms with Gasteiger partial charge in [0.1, 0.15) is 0 Å². The Morgan fingerprint density at radius 2 is 1.85 bits per heavy atom. The van der Waals surface area contributed by atoms with Crippen molar-refractivity contribution in [3.05, 3.63) is 54.6 Å². The predicted octanol–water partition coefficient (Wildman–Crippen LogP) is 5.60. The molecule has 0 fully saturated rings. The molecule has 20 heavy (non-hydrogen) atoms. The predicted molar refractivity (Wildman–Crippen MR) is 82.1 cm³/mol. The van der Waals surface area contributed by atoms with Crippen LogP contribution in [0.1, 0.15) is 22.0 Å². The molecule has 0 aliphatic rings. The number of halogens is 5. The van der Waals surface area contributed by atoms with E-state index in [1.165, 1.54) is 23.5 Å². The van der Waals surface area contributed by atoms with E-state index < -0.39 is 11.7 Å². The zero-order valence-electron chi connectivity index (χ0n) is 10.3. The summed E-state index contributed by atoms with van der Waals surface area (Å²) in [6, 6.07) is 7.17. The number of nitrogens with one attached hydrogen (secondary N) is 1.